The molecule has 5 nitrogen and oxygen atoms in total. The quantitative estimate of drug-likeness (QED) is 0.635. The second kappa shape index (κ2) is 7.30. The fourth-order valence-corrected chi connectivity index (χ4v) is 2.09. The van der Waals surface area contributed by atoms with E-state index < -0.39 is 0 Å². The second-order valence-corrected chi connectivity index (χ2v) is 4.91. The van der Waals surface area contributed by atoms with Gasteiger partial charge >= 0.3 is 0 Å². The maximum atomic E-state index is 11.5. The number of hydrogen-bond acceptors (Lipinski definition) is 5. The highest BCUT2D eigenvalue weighted by Gasteiger charge is 2.02. The van der Waals surface area contributed by atoms with E-state index in [4.69, 9.17) is 4.84 Å². The largest absolute Gasteiger partial charge is 0.385 e. The molecule has 2 rings (SSSR count). The van der Waals surface area contributed by atoms with Crippen molar-refractivity contribution in [1.82, 2.24) is 5.43 Å². The first-order chi connectivity index (χ1) is 9.75. The Morgan fingerprint density at radius 2 is 2.05 bits per heavy atom. The Balaban J connectivity index is 1.72. The number of carbonyl (C=O) groups is 1. The van der Waals surface area contributed by atoms with E-state index in [2.05, 4.69) is 16.0 Å². The molecule has 1 amide bonds. The summed E-state index contributed by atoms with van der Waals surface area (Å²) in [5.41, 5.74) is 6.87. The average molecular weight is 289 g/mol. The predicted molar refractivity (Wildman–Crippen MR) is 80.7 cm³/mol. The van der Waals surface area contributed by atoms with Gasteiger partial charge in [0.15, 0.2) is 6.61 Å². The van der Waals surface area contributed by atoms with Crippen LogP contribution in [-0.4, -0.2) is 18.2 Å². The van der Waals surface area contributed by atoms with Gasteiger partial charge in [0.2, 0.25) is 0 Å². The zero-order valence-corrected chi connectivity index (χ0v) is 11.8. The Labute approximate surface area is 121 Å². The molecular formula is C14H15N3O2S. The van der Waals surface area contributed by atoms with Crippen molar-refractivity contribution in [2.24, 2.45) is 5.16 Å². The third-order valence-corrected chi connectivity index (χ3v) is 3.37. The number of para-hydroxylation sites is 1. The number of hydrazine groups is 1. The zero-order valence-electron chi connectivity index (χ0n) is 11.0. The molecule has 0 spiro atoms. The van der Waals surface area contributed by atoms with Crippen LogP contribution in [0.15, 0.2) is 53.0 Å². The van der Waals surface area contributed by atoms with E-state index in [-0.39, 0.29) is 12.5 Å². The van der Waals surface area contributed by atoms with Crippen LogP contribution in [0, 0.1) is 0 Å². The van der Waals surface area contributed by atoms with E-state index in [0.717, 1.165) is 16.3 Å². The van der Waals surface area contributed by atoms with Crippen molar-refractivity contribution in [2.45, 2.75) is 6.92 Å². The van der Waals surface area contributed by atoms with Gasteiger partial charge in [-0.2, -0.15) is 0 Å². The first kappa shape index (κ1) is 14.1. The van der Waals surface area contributed by atoms with Crippen molar-refractivity contribution in [3.8, 4) is 0 Å². The zero-order chi connectivity index (χ0) is 14.2. The molecule has 104 valence electrons. The number of thiophene rings is 1. The lowest BCUT2D eigenvalue weighted by atomic mass is 10.3. The fourth-order valence-electron chi connectivity index (χ4n) is 1.42. The molecule has 6 heteroatoms. The van der Waals surface area contributed by atoms with E-state index in [1.165, 1.54) is 0 Å². The van der Waals surface area contributed by atoms with Gasteiger partial charge < -0.3 is 4.84 Å². The lowest BCUT2D eigenvalue weighted by Crippen LogP contribution is -2.32. The molecule has 0 saturated heterocycles. The van der Waals surface area contributed by atoms with Crippen LogP contribution in [0.4, 0.5) is 5.69 Å². The third-order valence-electron chi connectivity index (χ3n) is 2.39. The number of benzene rings is 1. The number of anilines is 1. The van der Waals surface area contributed by atoms with Crippen LogP contribution in [0.3, 0.4) is 0 Å². The van der Waals surface area contributed by atoms with Gasteiger partial charge in [0.1, 0.15) is 0 Å². The lowest BCUT2D eigenvalue weighted by Gasteiger charge is -2.07. The minimum atomic E-state index is -0.295. The number of nitrogens with one attached hydrogen (secondary N) is 2. The number of oxime groups is 1. The topological polar surface area (TPSA) is 62.7 Å². The van der Waals surface area contributed by atoms with Crippen LogP contribution in [0.25, 0.3) is 0 Å². The second-order valence-electron chi connectivity index (χ2n) is 3.97. The van der Waals surface area contributed by atoms with Crippen molar-refractivity contribution in [2.75, 3.05) is 12.0 Å². The van der Waals surface area contributed by atoms with Gasteiger partial charge in [-0.15, -0.1) is 11.3 Å². The van der Waals surface area contributed by atoms with E-state index in [9.17, 15) is 4.79 Å². The smallest absolute Gasteiger partial charge is 0.279 e. The molecule has 0 saturated carbocycles. The summed E-state index contributed by atoms with van der Waals surface area (Å²) in [4.78, 5) is 17.6. The number of rotatable bonds is 6. The van der Waals surface area contributed by atoms with E-state index in [1.54, 1.807) is 11.3 Å². The summed E-state index contributed by atoms with van der Waals surface area (Å²) in [5.74, 6) is -0.295. The molecule has 0 fully saturated rings. The minimum Gasteiger partial charge on any atom is -0.385 e. The first-order valence-corrected chi connectivity index (χ1v) is 6.94. The van der Waals surface area contributed by atoms with Gasteiger partial charge in [0, 0.05) is 0 Å². The predicted octanol–water partition coefficient (Wildman–Crippen LogP) is 2.63. The number of carbonyl (C=O) groups excluding carboxylic acids is 1. The van der Waals surface area contributed by atoms with Crippen molar-refractivity contribution < 1.29 is 9.63 Å². The molecule has 1 aromatic heterocycles. The summed E-state index contributed by atoms with van der Waals surface area (Å²) in [6.07, 6.45) is 0. The minimum absolute atomic E-state index is 0.136. The van der Waals surface area contributed by atoms with Gasteiger partial charge in [-0.05, 0) is 30.5 Å². The lowest BCUT2D eigenvalue weighted by molar-refractivity contribution is -0.125. The van der Waals surface area contributed by atoms with Crippen LogP contribution in [0.2, 0.25) is 0 Å². The van der Waals surface area contributed by atoms with Gasteiger partial charge in [0.25, 0.3) is 5.91 Å². The van der Waals surface area contributed by atoms with Gasteiger partial charge in [-0.1, -0.05) is 29.4 Å². The van der Waals surface area contributed by atoms with Gasteiger partial charge in [-0.25, -0.2) is 0 Å². The molecule has 0 radical (unpaired) electrons. The van der Waals surface area contributed by atoms with Crippen molar-refractivity contribution in [3.63, 3.8) is 0 Å². The Morgan fingerprint density at radius 3 is 2.75 bits per heavy atom. The number of nitrogens with zero attached hydrogens (tertiary/aromatic N) is 1. The Hall–Kier alpha value is -2.34. The molecule has 2 N–H and O–H groups in total. The van der Waals surface area contributed by atoms with Crippen molar-refractivity contribution >= 4 is 28.6 Å². The number of amides is 1. The molecule has 0 atom stereocenters. The summed E-state index contributed by atoms with van der Waals surface area (Å²) in [5, 5.41) is 5.86. The molecule has 0 bridgehead atoms. The summed E-state index contributed by atoms with van der Waals surface area (Å²) < 4.78 is 0. The van der Waals surface area contributed by atoms with Crippen LogP contribution >= 0.6 is 11.3 Å². The Morgan fingerprint density at radius 1 is 1.25 bits per heavy atom. The normalized spacial score (nSPS) is 10.9. The van der Waals surface area contributed by atoms with Gasteiger partial charge in [-0.3, -0.25) is 15.6 Å². The Kier molecular flexibility index (Phi) is 5.14. The number of hydrogen-bond donors (Lipinski definition) is 2. The maximum absolute atomic E-state index is 11.5. The summed E-state index contributed by atoms with van der Waals surface area (Å²) in [6.45, 7) is 1.70. The Bertz CT molecular complexity index is 567. The molecule has 2 aromatic rings. The molecule has 0 unspecified atom stereocenters. The highest BCUT2D eigenvalue weighted by Crippen LogP contribution is 2.09. The van der Waals surface area contributed by atoms with Crippen molar-refractivity contribution in [1.29, 1.82) is 0 Å². The highest BCUT2D eigenvalue weighted by molar-refractivity contribution is 7.12. The SMILES string of the molecule is CC(=NOCC(=O)NNc1ccccc1)c1cccs1. The monoisotopic (exact) mass is 289 g/mol. The summed E-state index contributed by atoms with van der Waals surface area (Å²) in [7, 11) is 0. The van der Waals surface area contributed by atoms with E-state index >= 15 is 0 Å². The van der Waals surface area contributed by atoms with Crippen LogP contribution in [-0.2, 0) is 9.63 Å². The molecule has 1 heterocycles. The fraction of sp³-hybridized carbons (Fsp3) is 0.143. The average Bonchev–Trinajstić information content (AvgIpc) is 3.00. The van der Waals surface area contributed by atoms with E-state index in [0.29, 0.717) is 0 Å². The van der Waals surface area contributed by atoms with E-state index in [1.807, 2.05) is 54.8 Å². The van der Waals surface area contributed by atoms with Crippen LogP contribution in [0.5, 0.6) is 0 Å². The highest BCUT2D eigenvalue weighted by atomic mass is 32.1. The maximum Gasteiger partial charge on any atom is 0.279 e. The standard InChI is InChI=1S/C14H15N3O2S/c1-11(13-8-5-9-20-13)17-19-10-14(18)16-15-12-6-3-2-4-7-12/h2-9,15H,10H2,1H3,(H,16,18). The molecule has 1 aromatic carbocycles. The molecular weight excluding hydrogens is 274 g/mol. The summed E-state index contributed by atoms with van der Waals surface area (Å²) in [6, 6.07) is 13.2. The summed E-state index contributed by atoms with van der Waals surface area (Å²) >= 11 is 1.57. The molecule has 20 heavy (non-hydrogen) atoms. The molecule has 0 aliphatic carbocycles. The molecule has 0 aliphatic heterocycles. The van der Waals surface area contributed by atoms with Crippen LogP contribution in [0.1, 0.15) is 11.8 Å². The first-order valence-electron chi connectivity index (χ1n) is 6.06. The molecule has 0 aliphatic rings. The third kappa shape index (κ3) is 4.40. The van der Waals surface area contributed by atoms with Crippen LogP contribution < -0.4 is 10.9 Å². The van der Waals surface area contributed by atoms with Gasteiger partial charge in [0.05, 0.1) is 16.3 Å². The van der Waals surface area contributed by atoms with Crippen molar-refractivity contribution in [3.05, 3.63) is 52.7 Å².